The van der Waals surface area contributed by atoms with E-state index in [9.17, 15) is 10.1 Å². The van der Waals surface area contributed by atoms with Crippen LogP contribution in [0.3, 0.4) is 0 Å². The molecule has 2 rings (SSSR count). The number of rotatable bonds is 2. The Hall–Kier alpha value is -1.64. The topological polar surface area (TPSA) is 43.1 Å². The molecule has 78 valence electrons. The molecule has 0 unspecified atom stereocenters. The monoisotopic (exact) mass is 203 g/mol. The van der Waals surface area contributed by atoms with Gasteiger partial charge in [0.1, 0.15) is 0 Å². The quantitative estimate of drug-likeness (QED) is 0.548. The maximum atomic E-state index is 10.5. The van der Waals surface area contributed by atoms with Crippen molar-refractivity contribution in [2.45, 2.75) is 26.2 Å². The molecule has 0 amide bonds. The average molecular weight is 203 g/mol. The van der Waals surface area contributed by atoms with E-state index in [4.69, 9.17) is 0 Å². The van der Waals surface area contributed by atoms with Gasteiger partial charge in [-0.15, -0.1) is 0 Å². The van der Waals surface area contributed by atoms with E-state index in [1.165, 1.54) is 24.5 Å². The molecule has 0 heterocycles. The Morgan fingerprint density at radius 1 is 1.40 bits per heavy atom. The van der Waals surface area contributed by atoms with Gasteiger partial charge in [0, 0.05) is 13.0 Å². The third kappa shape index (κ3) is 2.06. The lowest BCUT2D eigenvalue weighted by Crippen LogP contribution is -1.93. The molecule has 15 heavy (non-hydrogen) atoms. The largest absolute Gasteiger partial charge is 0.259 e. The van der Waals surface area contributed by atoms with Crippen molar-refractivity contribution < 1.29 is 4.92 Å². The molecule has 0 radical (unpaired) electrons. The molecule has 0 spiro atoms. The van der Waals surface area contributed by atoms with Gasteiger partial charge in [-0.1, -0.05) is 18.2 Å². The Kier molecular flexibility index (Phi) is 2.54. The fraction of sp³-hybridized carbons (Fsp3) is 0.333. The molecule has 1 aliphatic rings. The Bertz CT molecular complexity index is 435. The van der Waals surface area contributed by atoms with Gasteiger partial charge in [0.2, 0.25) is 5.70 Å². The van der Waals surface area contributed by atoms with E-state index in [0.29, 0.717) is 0 Å². The second-order valence-corrected chi connectivity index (χ2v) is 3.92. The minimum absolute atomic E-state index is 0.188. The zero-order valence-electron chi connectivity index (χ0n) is 8.69. The first-order chi connectivity index (χ1) is 7.16. The summed E-state index contributed by atoms with van der Waals surface area (Å²) < 4.78 is 0. The number of aryl methyl sites for hydroxylation is 2. The van der Waals surface area contributed by atoms with Crippen LogP contribution < -0.4 is 0 Å². The number of nitrogens with zero attached hydrogens (tertiary/aromatic N) is 1. The smallest absolute Gasteiger partial charge is 0.243 e. The molecule has 0 aliphatic heterocycles. The first kappa shape index (κ1) is 9.90. The Morgan fingerprint density at radius 2 is 2.13 bits per heavy atom. The molecule has 0 aromatic heterocycles. The number of fused-ring (bicyclic) bond motifs is 1. The van der Waals surface area contributed by atoms with Crippen LogP contribution in [0, 0.1) is 10.1 Å². The normalized spacial score (nSPS) is 15.1. The van der Waals surface area contributed by atoms with Crippen LogP contribution in [-0.2, 0) is 12.8 Å². The minimum Gasteiger partial charge on any atom is -0.259 e. The van der Waals surface area contributed by atoms with Crippen molar-refractivity contribution >= 4 is 6.08 Å². The third-order valence-electron chi connectivity index (χ3n) is 2.79. The van der Waals surface area contributed by atoms with E-state index in [-0.39, 0.29) is 10.6 Å². The summed E-state index contributed by atoms with van der Waals surface area (Å²) in [5.74, 6) is 0. The molecule has 0 N–H and O–H groups in total. The van der Waals surface area contributed by atoms with Crippen molar-refractivity contribution in [3.05, 3.63) is 50.7 Å². The van der Waals surface area contributed by atoms with Gasteiger partial charge in [0.05, 0.1) is 4.92 Å². The van der Waals surface area contributed by atoms with E-state index >= 15 is 0 Å². The van der Waals surface area contributed by atoms with Crippen molar-refractivity contribution in [1.29, 1.82) is 0 Å². The molecule has 0 fully saturated rings. The summed E-state index contributed by atoms with van der Waals surface area (Å²) in [4.78, 5) is 10.1. The molecule has 3 heteroatoms. The molecule has 1 aromatic carbocycles. The van der Waals surface area contributed by atoms with Crippen LogP contribution >= 0.6 is 0 Å². The first-order valence-corrected chi connectivity index (χ1v) is 5.11. The minimum atomic E-state index is -0.354. The summed E-state index contributed by atoms with van der Waals surface area (Å²) in [6.45, 7) is 1.52. The van der Waals surface area contributed by atoms with Crippen molar-refractivity contribution in [1.82, 2.24) is 0 Å². The summed E-state index contributed by atoms with van der Waals surface area (Å²) in [7, 11) is 0. The van der Waals surface area contributed by atoms with Crippen LogP contribution in [0.1, 0.15) is 30.0 Å². The molecule has 0 bridgehead atoms. The lowest BCUT2D eigenvalue weighted by Gasteiger charge is -2.00. The Balaban J connectivity index is 2.31. The van der Waals surface area contributed by atoms with Crippen LogP contribution in [0.15, 0.2) is 23.9 Å². The maximum Gasteiger partial charge on any atom is 0.243 e. The molecular formula is C12H13NO2. The first-order valence-electron chi connectivity index (χ1n) is 5.11. The predicted molar refractivity (Wildman–Crippen MR) is 59.1 cm³/mol. The zero-order valence-corrected chi connectivity index (χ0v) is 8.69. The Labute approximate surface area is 88.6 Å². The van der Waals surface area contributed by atoms with Gasteiger partial charge < -0.3 is 0 Å². The van der Waals surface area contributed by atoms with Crippen LogP contribution in [0.4, 0.5) is 0 Å². The van der Waals surface area contributed by atoms with E-state index in [0.717, 1.165) is 18.4 Å². The van der Waals surface area contributed by atoms with Gasteiger partial charge in [-0.05, 0) is 36.0 Å². The van der Waals surface area contributed by atoms with Crippen LogP contribution in [0.5, 0.6) is 0 Å². The highest BCUT2D eigenvalue weighted by molar-refractivity contribution is 5.53. The maximum absolute atomic E-state index is 10.5. The van der Waals surface area contributed by atoms with Crippen molar-refractivity contribution in [3.63, 3.8) is 0 Å². The van der Waals surface area contributed by atoms with E-state index in [2.05, 4.69) is 12.1 Å². The zero-order chi connectivity index (χ0) is 10.8. The molecule has 3 nitrogen and oxygen atoms in total. The van der Waals surface area contributed by atoms with Gasteiger partial charge in [0.15, 0.2) is 0 Å². The molecule has 1 aliphatic carbocycles. The summed E-state index contributed by atoms with van der Waals surface area (Å²) in [5, 5.41) is 10.5. The van der Waals surface area contributed by atoms with Crippen molar-refractivity contribution in [2.75, 3.05) is 0 Å². The second-order valence-electron chi connectivity index (χ2n) is 3.92. The number of nitro groups is 1. The van der Waals surface area contributed by atoms with Gasteiger partial charge >= 0.3 is 0 Å². The SMILES string of the molecule is CC(=Cc1ccc2c(c1)CCC2)[N+](=O)[O-]. The summed E-state index contributed by atoms with van der Waals surface area (Å²) in [6, 6.07) is 6.11. The van der Waals surface area contributed by atoms with Crippen molar-refractivity contribution in [2.24, 2.45) is 0 Å². The number of hydrogen-bond acceptors (Lipinski definition) is 2. The molecule has 0 atom stereocenters. The van der Waals surface area contributed by atoms with Gasteiger partial charge in [-0.3, -0.25) is 10.1 Å². The van der Waals surface area contributed by atoms with E-state index in [1.54, 1.807) is 6.08 Å². The van der Waals surface area contributed by atoms with E-state index < -0.39 is 0 Å². The fourth-order valence-corrected chi connectivity index (χ4v) is 1.98. The highest BCUT2D eigenvalue weighted by atomic mass is 16.6. The summed E-state index contributed by atoms with van der Waals surface area (Å²) in [6.07, 6.45) is 5.08. The number of benzene rings is 1. The van der Waals surface area contributed by atoms with Gasteiger partial charge in [-0.2, -0.15) is 0 Å². The molecule has 1 aromatic rings. The van der Waals surface area contributed by atoms with Crippen molar-refractivity contribution in [3.8, 4) is 0 Å². The molecule has 0 saturated heterocycles. The molecule has 0 saturated carbocycles. The van der Waals surface area contributed by atoms with Gasteiger partial charge in [-0.25, -0.2) is 0 Å². The summed E-state index contributed by atoms with van der Waals surface area (Å²) >= 11 is 0. The lowest BCUT2D eigenvalue weighted by atomic mass is 10.1. The highest BCUT2D eigenvalue weighted by Gasteiger charge is 2.11. The standard InChI is InChI=1S/C12H13NO2/c1-9(13(14)15)7-10-5-6-11-3-2-4-12(11)8-10/h5-8H,2-4H2,1H3. The van der Waals surface area contributed by atoms with Crippen LogP contribution in [0.25, 0.3) is 6.08 Å². The number of hydrogen-bond donors (Lipinski definition) is 0. The second kappa shape index (κ2) is 3.85. The third-order valence-corrected chi connectivity index (χ3v) is 2.79. The average Bonchev–Trinajstić information content (AvgIpc) is 2.64. The fourth-order valence-electron chi connectivity index (χ4n) is 1.98. The van der Waals surface area contributed by atoms with E-state index in [1.807, 2.05) is 6.07 Å². The Morgan fingerprint density at radius 3 is 2.87 bits per heavy atom. The lowest BCUT2D eigenvalue weighted by molar-refractivity contribution is -0.422. The van der Waals surface area contributed by atoms with Gasteiger partial charge in [0.25, 0.3) is 0 Å². The molecular weight excluding hydrogens is 190 g/mol. The highest BCUT2D eigenvalue weighted by Crippen LogP contribution is 2.23. The van der Waals surface area contributed by atoms with Crippen LogP contribution in [0.2, 0.25) is 0 Å². The number of allylic oxidation sites excluding steroid dienone is 1. The predicted octanol–water partition coefficient (Wildman–Crippen LogP) is 2.81. The summed E-state index contributed by atoms with van der Waals surface area (Å²) in [5.41, 5.74) is 3.86. The van der Waals surface area contributed by atoms with Crippen LogP contribution in [-0.4, -0.2) is 4.92 Å².